The zero-order chi connectivity index (χ0) is 12.3. The van der Waals surface area contributed by atoms with Crippen molar-refractivity contribution < 1.29 is 9.84 Å². The first kappa shape index (κ1) is 12.3. The van der Waals surface area contributed by atoms with Crippen LogP contribution in [0, 0.1) is 0 Å². The van der Waals surface area contributed by atoms with Crippen LogP contribution in [-0.4, -0.2) is 42.5 Å². The summed E-state index contributed by atoms with van der Waals surface area (Å²) in [4.78, 5) is 6.46. The summed E-state index contributed by atoms with van der Waals surface area (Å²) in [5, 5.41) is 9.30. The lowest BCUT2D eigenvalue weighted by atomic mass is 10.2. The van der Waals surface area contributed by atoms with Gasteiger partial charge in [0.2, 0.25) is 0 Å². The monoisotopic (exact) mass is 237 g/mol. The van der Waals surface area contributed by atoms with Gasteiger partial charge in [0.1, 0.15) is 0 Å². The van der Waals surface area contributed by atoms with Crippen LogP contribution in [0.1, 0.15) is 18.7 Å². The number of pyridine rings is 1. The lowest BCUT2D eigenvalue weighted by Gasteiger charge is -2.36. The number of nitrogens with zero attached hydrogens (tertiary/aromatic N) is 2. The van der Waals surface area contributed by atoms with Crippen LogP contribution in [0.5, 0.6) is 0 Å². The first-order valence-electron chi connectivity index (χ1n) is 5.89. The van der Waals surface area contributed by atoms with Crippen LogP contribution >= 0.6 is 0 Å². The maximum Gasteiger partial charge on any atom is 0.0756 e. The molecule has 5 heteroatoms. The number of aliphatic hydroxyl groups is 1. The highest BCUT2D eigenvalue weighted by Gasteiger charge is 2.22. The Bertz CT molecular complexity index is 353. The minimum atomic E-state index is -0.0534. The third-order valence-corrected chi connectivity index (χ3v) is 3.01. The molecule has 0 amide bonds. The van der Waals surface area contributed by atoms with Gasteiger partial charge in [-0.05, 0) is 19.1 Å². The Labute approximate surface area is 101 Å². The van der Waals surface area contributed by atoms with Gasteiger partial charge in [-0.15, -0.1) is 0 Å². The lowest BCUT2D eigenvalue weighted by Crippen LogP contribution is -2.47. The largest absolute Gasteiger partial charge is 0.394 e. The van der Waals surface area contributed by atoms with Gasteiger partial charge >= 0.3 is 0 Å². The molecule has 0 bridgehead atoms. The highest BCUT2D eigenvalue weighted by atomic mass is 16.5. The highest BCUT2D eigenvalue weighted by Crippen LogP contribution is 2.20. The molecule has 1 aromatic rings. The lowest BCUT2D eigenvalue weighted by molar-refractivity contribution is 0.0727. The number of morpholine rings is 1. The van der Waals surface area contributed by atoms with Crippen molar-refractivity contribution in [3.8, 4) is 0 Å². The van der Waals surface area contributed by atoms with Gasteiger partial charge in [-0.2, -0.15) is 0 Å². The van der Waals surface area contributed by atoms with E-state index in [1.165, 1.54) is 0 Å². The second-order valence-corrected chi connectivity index (χ2v) is 4.33. The van der Waals surface area contributed by atoms with Crippen molar-refractivity contribution in [1.29, 1.82) is 0 Å². The first-order chi connectivity index (χ1) is 8.22. The first-order valence-corrected chi connectivity index (χ1v) is 5.89. The average Bonchev–Trinajstić information content (AvgIpc) is 2.39. The second kappa shape index (κ2) is 5.44. The van der Waals surface area contributed by atoms with Gasteiger partial charge in [0, 0.05) is 12.6 Å². The molecule has 0 aliphatic carbocycles. The molecule has 1 aliphatic heterocycles. The fourth-order valence-corrected chi connectivity index (χ4v) is 1.98. The van der Waals surface area contributed by atoms with E-state index in [0.717, 1.165) is 17.9 Å². The molecule has 0 saturated carbocycles. The topological polar surface area (TPSA) is 71.6 Å². The van der Waals surface area contributed by atoms with Crippen LogP contribution in [-0.2, 0) is 4.74 Å². The molecule has 1 saturated heterocycles. The molecule has 2 unspecified atom stereocenters. The summed E-state index contributed by atoms with van der Waals surface area (Å²) in [7, 11) is 0. The van der Waals surface area contributed by atoms with Crippen LogP contribution in [0.3, 0.4) is 0 Å². The molecule has 1 fully saturated rings. The van der Waals surface area contributed by atoms with Crippen molar-refractivity contribution in [3.05, 3.63) is 24.0 Å². The van der Waals surface area contributed by atoms with E-state index >= 15 is 0 Å². The molecule has 2 heterocycles. The zero-order valence-electron chi connectivity index (χ0n) is 10.0. The van der Waals surface area contributed by atoms with Gasteiger partial charge in [-0.1, -0.05) is 0 Å². The van der Waals surface area contributed by atoms with Crippen molar-refractivity contribution in [2.24, 2.45) is 5.73 Å². The Morgan fingerprint density at radius 3 is 3.06 bits per heavy atom. The van der Waals surface area contributed by atoms with Crippen molar-refractivity contribution in [3.63, 3.8) is 0 Å². The molecule has 2 rings (SSSR count). The minimum absolute atomic E-state index is 0.0201. The van der Waals surface area contributed by atoms with Gasteiger partial charge in [0.15, 0.2) is 0 Å². The Morgan fingerprint density at radius 1 is 1.65 bits per heavy atom. The van der Waals surface area contributed by atoms with E-state index in [4.69, 9.17) is 10.5 Å². The van der Waals surface area contributed by atoms with E-state index in [0.29, 0.717) is 13.2 Å². The number of aliphatic hydroxyl groups excluding tert-OH is 1. The standard InChI is InChI=1S/C12H19N3O2/c1-9(13)12-3-2-10(6-14-12)15-4-5-17-8-11(15)7-16/h2-3,6,9,11,16H,4-5,7-8,13H2,1H3. The van der Waals surface area contributed by atoms with Gasteiger partial charge in [-0.3, -0.25) is 4.98 Å². The molecule has 0 radical (unpaired) electrons. The van der Waals surface area contributed by atoms with E-state index in [-0.39, 0.29) is 18.7 Å². The molecule has 3 N–H and O–H groups in total. The molecular weight excluding hydrogens is 218 g/mol. The predicted molar refractivity (Wildman–Crippen MR) is 65.9 cm³/mol. The van der Waals surface area contributed by atoms with Crippen LogP contribution in [0.15, 0.2) is 18.3 Å². The van der Waals surface area contributed by atoms with Crippen molar-refractivity contribution >= 4 is 5.69 Å². The summed E-state index contributed by atoms with van der Waals surface area (Å²) in [6.45, 7) is 4.03. The second-order valence-electron chi connectivity index (χ2n) is 4.33. The number of aromatic nitrogens is 1. The van der Waals surface area contributed by atoms with Crippen molar-refractivity contribution in [2.75, 3.05) is 31.3 Å². The molecule has 0 aromatic carbocycles. The Kier molecular flexibility index (Phi) is 3.93. The average molecular weight is 237 g/mol. The fraction of sp³-hybridized carbons (Fsp3) is 0.583. The van der Waals surface area contributed by atoms with Gasteiger partial charge in [0.25, 0.3) is 0 Å². The van der Waals surface area contributed by atoms with Crippen LogP contribution in [0.25, 0.3) is 0 Å². The third kappa shape index (κ3) is 2.74. The molecule has 2 atom stereocenters. The van der Waals surface area contributed by atoms with Gasteiger partial charge in [-0.25, -0.2) is 0 Å². The number of hydrogen-bond acceptors (Lipinski definition) is 5. The molecule has 17 heavy (non-hydrogen) atoms. The summed E-state index contributed by atoms with van der Waals surface area (Å²) in [6, 6.07) is 3.90. The van der Waals surface area contributed by atoms with Crippen LogP contribution < -0.4 is 10.6 Å². The summed E-state index contributed by atoms with van der Waals surface area (Å²) < 4.78 is 5.34. The van der Waals surface area contributed by atoms with Crippen LogP contribution in [0.4, 0.5) is 5.69 Å². The van der Waals surface area contributed by atoms with Crippen molar-refractivity contribution in [1.82, 2.24) is 4.98 Å². The van der Waals surface area contributed by atoms with Crippen molar-refractivity contribution in [2.45, 2.75) is 19.0 Å². The van der Waals surface area contributed by atoms with E-state index in [9.17, 15) is 5.11 Å². The number of ether oxygens (including phenoxy) is 1. The normalized spacial score (nSPS) is 22.5. The Morgan fingerprint density at radius 2 is 2.47 bits per heavy atom. The summed E-state index contributed by atoms with van der Waals surface area (Å²) in [6.07, 6.45) is 1.81. The number of hydrogen-bond donors (Lipinski definition) is 2. The van der Waals surface area contributed by atoms with E-state index in [1.807, 2.05) is 25.3 Å². The maximum atomic E-state index is 9.30. The van der Waals surface area contributed by atoms with E-state index in [2.05, 4.69) is 9.88 Å². The summed E-state index contributed by atoms with van der Waals surface area (Å²) in [5.74, 6) is 0. The molecule has 0 spiro atoms. The van der Waals surface area contributed by atoms with Gasteiger partial charge < -0.3 is 20.5 Å². The SMILES string of the molecule is CC(N)c1ccc(N2CCOCC2CO)cn1. The Hall–Kier alpha value is -1.17. The fourth-order valence-electron chi connectivity index (χ4n) is 1.98. The molecule has 1 aliphatic rings. The number of nitrogens with two attached hydrogens (primary N) is 1. The molecule has 94 valence electrons. The summed E-state index contributed by atoms with van der Waals surface area (Å²) in [5.41, 5.74) is 7.65. The molecule has 1 aromatic heterocycles. The number of anilines is 1. The maximum absolute atomic E-state index is 9.30. The minimum Gasteiger partial charge on any atom is -0.394 e. The highest BCUT2D eigenvalue weighted by molar-refractivity contribution is 5.46. The summed E-state index contributed by atoms with van der Waals surface area (Å²) >= 11 is 0. The molecule has 5 nitrogen and oxygen atoms in total. The zero-order valence-corrected chi connectivity index (χ0v) is 10.0. The number of rotatable bonds is 3. The smallest absolute Gasteiger partial charge is 0.0756 e. The predicted octanol–water partition coefficient (Wildman–Crippen LogP) is 0.299. The van der Waals surface area contributed by atoms with Gasteiger partial charge in [0.05, 0.1) is 43.4 Å². The van der Waals surface area contributed by atoms with Crippen LogP contribution in [0.2, 0.25) is 0 Å². The third-order valence-electron chi connectivity index (χ3n) is 3.01. The van der Waals surface area contributed by atoms with E-state index < -0.39 is 0 Å². The van der Waals surface area contributed by atoms with E-state index in [1.54, 1.807) is 0 Å². The quantitative estimate of drug-likeness (QED) is 0.791. The Balaban J connectivity index is 2.15. The molecular formula is C12H19N3O2.